The molecular weight excluding hydrogens is 330 g/mol. The lowest BCUT2D eigenvalue weighted by Gasteiger charge is -2.06. The lowest BCUT2D eigenvalue weighted by atomic mass is 10.0. The lowest BCUT2D eigenvalue weighted by molar-refractivity contribution is -0.110. The van der Waals surface area contributed by atoms with Gasteiger partial charge in [0.25, 0.3) is 5.91 Å². The average molecular weight is 344 g/mol. The second kappa shape index (κ2) is 6.37. The lowest BCUT2D eigenvalue weighted by Crippen LogP contribution is -2.04. The van der Waals surface area contributed by atoms with Crippen molar-refractivity contribution in [1.82, 2.24) is 0 Å². The molecule has 0 fully saturated rings. The van der Waals surface area contributed by atoms with Gasteiger partial charge < -0.3 is 14.8 Å². The third-order valence-electron chi connectivity index (χ3n) is 3.75. The summed E-state index contributed by atoms with van der Waals surface area (Å²) in [5.41, 5.74) is 2.53. The molecule has 1 heterocycles. The predicted molar refractivity (Wildman–Crippen MR) is 92.1 cm³/mol. The molecule has 122 valence electrons. The second-order valence-corrected chi connectivity index (χ2v) is 5.50. The number of benzene rings is 2. The average Bonchev–Trinajstić information content (AvgIpc) is 2.95. The molecule has 1 amide bonds. The molecule has 2 aromatic rings. The summed E-state index contributed by atoms with van der Waals surface area (Å²) in [6.07, 6.45) is 0. The number of carbonyl (C=O) groups is 2. The minimum Gasteiger partial charge on any atom is -0.497 e. The van der Waals surface area contributed by atoms with E-state index in [9.17, 15) is 9.59 Å². The Morgan fingerprint density at radius 2 is 1.71 bits per heavy atom. The molecule has 0 bridgehead atoms. The van der Waals surface area contributed by atoms with Crippen molar-refractivity contribution in [3.05, 3.63) is 59.2 Å². The van der Waals surface area contributed by atoms with Crippen molar-refractivity contribution in [2.45, 2.75) is 0 Å². The van der Waals surface area contributed by atoms with Gasteiger partial charge in [0.1, 0.15) is 5.75 Å². The fourth-order valence-corrected chi connectivity index (χ4v) is 2.83. The normalized spacial score (nSPS) is 14.7. The van der Waals surface area contributed by atoms with Crippen LogP contribution in [0.5, 0.6) is 5.75 Å². The highest BCUT2D eigenvalue weighted by atomic mass is 35.5. The second-order valence-electron chi connectivity index (χ2n) is 5.12. The van der Waals surface area contributed by atoms with Crippen LogP contribution < -0.4 is 10.1 Å². The van der Waals surface area contributed by atoms with Crippen LogP contribution >= 0.6 is 11.6 Å². The molecule has 0 spiro atoms. The molecule has 2 aromatic carbocycles. The minimum absolute atomic E-state index is 0.302. The number of carbonyl (C=O) groups excluding carboxylic acids is 2. The Balaban J connectivity index is 2.11. The zero-order chi connectivity index (χ0) is 17.3. The first-order chi connectivity index (χ1) is 11.5. The third kappa shape index (κ3) is 2.74. The van der Waals surface area contributed by atoms with E-state index in [1.54, 1.807) is 49.6 Å². The van der Waals surface area contributed by atoms with Crippen LogP contribution in [-0.2, 0) is 9.53 Å². The highest BCUT2D eigenvalue weighted by molar-refractivity contribution is 6.59. The Kier molecular flexibility index (Phi) is 4.27. The van der Waals surface area contributed by atoms with Gasteiger partial charge in [0, 0.05) is 11.3 Å². The summed E-state index contributed by atoms with van der Waals surface area (Å²) >= 11 is 6.46. The van der Waals surface area contributed by atoms with Crippen molar-refractivity contribution >= 4 is 39.8 Å². The van der Waals surface area contributed by atoms with E-state index in [0.29, 0.717) is 38.7 Å². The van der Waals surface area contributed by atoms with E-state index in [1.807, 2.05) is 0 Å². The zero-order valence-electron chi connectivity index (χ0n) is 13.1. The molecular formula is C18H14ClNO4. The van der Waals surface area contributed by atoms with Crippen LogP contribution in [0.25, 0.3) is 10.6 Å². The predicted octanol–water partition coefficient (Wildman–Crippen LogP) is 3.54. The molecule has 1 N–H and O–H groups in total. The van der Waals surface area contributed by atoms with Crippen molar-refractivity contribution in [1.29, 1.82) is 0 Å². The summed E-state index contributed by atoms with van der Waals surface area (Å²) in [5.74, 6) is -0.0950. The summed E-state index contributed by atoms with van der Waals surface area (Å²) in [5, 5.41) is 3.05. The summed E-state index contributed by atoms with van der Waals surface area (Å²) in [6, 6.07) is 11.9. The van der Waals surface area contributed by atoms with Gasteiger partial charge in [0.05, 0.1) is 30.4 Å². The van der Waals surface area contributed by atoms with Crippen LogP contribution in [0.15, 0.2) is 42.5 Å². The van der Waals surface area contributed by atoms with E-state index < -0.39 is 5.97 Å². The Morgan fingerprint density at radius 1 is 1.04 bits per heavy atom. The number of hydrogen-bond donors (Lipinski definition) is 1. The van der Waals surface area contributed by atoms with Gasteiger partial charge in [-0.3, -0.25) is 4.79 Å². The number of rotatable bonds is 3. The number of anilines is 1. The van der Waals surface area contributed by atoms with Crippen molar-refractivity contribution in [3.8, 4) is 5.75 Å². The number of ether oxygens (including phenoxy) is 2. The topological polar surface area (TPSA) is 64.6 Å². The molecule has 3 rings (SSSR count). The number of hydrogen-bond acceptors (Lipinski definition) is 4. The number of nitrogens with one attached hydrogen (secondary N) is 1. The largest absolute Gasteiger partial charge is 0.497 e. The van der Waals surface area contributed by atoms with E-state index in [4.69, 9.17) is 21.1 Å². The zero-order valence-corrected chi connectivity index (χ0v) is 13.8. The van der Waals surface area contributed by atoms with Crippen LogP contribution in [0.4, 0.5) is 5.69 Å². The molecule has 0 saturated heterocycles. The molecule has 24 heavy (non-hydrogen) atoms. The van der Waals surface area contributed by atoms with Crippen molar-refractivity contribution in [2.75, 3.05) is 19.5 Å². The van der Waals surface area contributed by atoms with Crippen LogP contribution in [0, 0.1) is 0 Å². The van der Waals surface area contributed by atoms with Crippen LogP contribution in [-0.4, -0.2) is 26.1 Å². The Hall–Kier alpha value is -2.79. The molecule has 1 aliphatic heterocycles. The molecule has 0 unspecified atom stereocenters. The van der Waals surface area contributed by atoms with Crippen molar-refractivity contribution < 1.29 is 19.1 Å². The van der Waals surface area contributed by atoms with E-state index in [2.05, 4.69) is 5.32 Å². The first kappa shape index (κ1) is 16.1. The van der Waals surface area contributed by atoms with Crippen molar-refractivity contribution in [3.63, 3.8) is 0 Å². The molecule has 0 atom stereocenters. The monoisotopic (exact) mass is 343 g/mol. The SMILES string of the molecule is COC(=O)c1ccc2c(c1)/C(=C(/Cl)c1ccc(OC)cc1)C(=O)N2. The number of halogens is 1. The van der Waals surface area contributed by atoms with E-state index in [1.165, 1.54) is 7.11 Å². The molecule has 0 saturated carbocycles. The number of amides is 1. The standard InChI is InChI=1S/C18H14ClNO4/c1-23-12-6-3-10(4-7-12)16(19)15-13-9-11(18(22)24-2)5-8-14(13)20-17(15)21/h3-9H,1-2H3,(H,20,21)/b16-15-. The quantitative estimate of drug-likeness (QED) is 0.684. The molecule has 0 aromatic heterocycles. The molecule has 0 aliphatic carbocycles. The molecule has 1 aliphatic rings. The first-order valence-electron chi connectivity index (χ1n) is 7.13. The maximum atomic E-state index is 12.3. The maximum absolute atomic E-state index is 12.3. The number of methoxy groups -OCH3 is 2. The van der Waals surface area contributed by atoms with E-state index in [0.717, 1.165) is 0 Å². The van der Waals surface area contributed by atoms with Gasteiger partial charge in [-0.1, -0.05) is 11.6 Å². The van der Waals surface area contributed by atoms with E-state index in [-0.39, 0.29) is 5.91 Å². The van der Waals surface area contributed by atoms with Gasteiger partial charge in [-0.05, 0) is 48.0 Å². The van der Waals surface area contributed by atoms with Gasteiger partial charge in [-0.15, -0.1) is 0 Å². The summed E-state index contributed by atoms with van der Waals surface area (Å²) in [7, 11) is 2.88. The Morgan fingerprint density at radius 3 is 2.33 bits per heavy atom. The van der Waals surface area contributed by atoms with Crippen LogP contribution in [0.2, 0.25) is 0 Å². The molecule has 0 radical (unpaired) electrons. The summed E-state index contributed by atoms with van der Waals surface area (Å²) in [6.45, 7) is 0. The van der Waals surface area contributed by atoms with Crippen LogP contribution in [0.3, 0.4) is 0 Å². The van der Waals surface area contributed by atoms with Gasteiger partial charge in [0.2, 0.25) is 0 Å². The number of esters is 1. The molecule has 5 nitrogen and oxygen atoms in total. The highest BCUT2D eigenvalue weighted by Crippen LogP contribution is 2.39. The fraction of sp³-hybridized carbons (Fsp3) is 0.111. The van der Waals surface area contributed by atoms with Crippen LogP contribution in [0.1, 0.15) is 21.5 Å². The summed E-state index contributed by atoms with van der Waals surface area (Å²) in [4.78, 5) is 24.0. The number of fused-ring (bicyclic) bond motifs is 1. The first-order valence-corrected chi connectivity index (χ1v) is 7.51. The third-order valence-corrected chi connectivity index (χ3v) is 4.16. The minimum atomic E-state index is -0.475. The Bertz CT molecular complexity index is 856. The smallest absolute Gasteiger partial charge is 0.337 e. The highest BCUT2D eigenvalue weighted by Gasteiger charge is 2.28. The summed E-state index contributed by atoms with van der Waals surface area (Å²) < 4.78 is 9.84. The fourth-order valence-electron chi connectivity index (χ4n) is 2.51. The van der Waals surface area contributed by atoms with Gasteiger partial charge >= 0.3 is 5.97 Å². The van der Waals surface area contributed by atoms with E-state index >= 15 is 0 Å². The van der Waals surface area contributed by atoms with Crippen molar-refractivity contribution in [2.24, 2.45) is 0 Å². The molecule has 6 heteroatoms. The van der Waals surface area contributed by atoms with Gasteiger partial charge in [0.15, 0.2) is 0 Å². The van der Waals surface area contributed by atoms with Gasteiger partial charge in [-0.25, -0.2) is 4.79 Å². The Labute approximate surface area is 143 Å². The maximum Gasteiger partial charge on any atom is 0.337 e. The van der Waals surface area contributed by atoms with Gasteiger partial charge in [-0.2, -0.15) is 0 Å².